The lowest BCUT2D eigenvalue weighted by Gasteiger charge is -2.40. The smallest absolute Gasteiger partial charge is 0.391 e. The largest absolute Gasteiger partial charge is 0.423 e. The standard InChI is InChI=1S/C7H18F4O4Si4/c1-17-12-16-13-19(4,15-18(2,3)14-17)6(8)5-7(9,10)11/h6,17H,5,16H2,1-4H3. The van der Waals surface area contributed by atoms with E-state index >= 15 is 0 Å². The summed E-state index contributed by atoms with van der Waals surface area (Å²) in [6, 6.07) is 0. The minimum Gasteiger partial charge on any atom is -0.423 e. The van der Waals surface area contributed by atoms with Gasteiger partial charge in [0.1, 0.15) is 0 Å². The van der Waals surface area contributed by atoms with Crippen LogP contribution in [0.2, 0.25) is 26.2 Å². The summed E-state index contributed by atoms with van der Waals surface area (Å²) >= 11 is 0. The van der Waals surface area contributed by atoms with Gasteiger partial charge in [0.15, 0.2) is 5.79 Å². The molecule has 0 spiro atoms. The maximum atomic E-state index is 14.0. The lowest BCUT2D eigenvalue weighted by Crippen LogP contribution is -2.61. The van der Waals surface area contributed by atoms with E-state index in [0.717, 1.165) is 0 Å². The van der Waals surface area contributed by atoms with Crippen LogP contribution in [0.5, 0.6) is 0 Å². The van der Waals surface area contributed by atoms with Crippen LogP contribution in [0.1, 0.15) is 6.42 Å². The van der Waals surface area contributed by atoms with E-state index in [1.807, 2.05) is 0 Å². The Balaban J connectivity index is 2.82. The Morgan fingerprint density at radius 2 is 1.84 bits per heavy atom. The lowest BCUT2D eigenvalue weighted by molar-refractivity contribution is -0.142. The van der Waals surface area contributed by atoms with Crippen molar-refractivity contribution in [2.75, 3.05) is 0 Å². The van der Waals surface area contributed by atoms with Crippen LogP contribution in [0.15, 0.2) is 0 Å². The SMILES string of the molecule is C[SiH]1O[SiH2]O[Si](C)(C(F)CC(F)(F)F)O[Si](C)(C)O1. The molecule has 114 valence electrons. The van der Waals surface area contributed by atoms with Crippen molar-refractivity contribution in [1.29, 1.82) is 0 Å². The molecular weight excluding hydrogens is 336 g/mol. The van der Waals surface area contributed by atoms with Crippen molar-refractivity contribution in [2.24, 2.45) is 0 Å². The molecule has 0 radical (unpaired) electrons. The average molecular weight is 355 g/mol. The third kappa shape index (κ3) is 5.74. The Kier molecular flexibility index (Phi) is 5.56. The van der Waals surface area contributed by atoms with Crippen molar-refractivity contribution < 1.29 is 34.0 Å². The Labute approximate surface area is 115 Å². The van der Waals surface area contributed by atoms with Gasteiger partial charge in [0.05, 0.1) is 6.42 Å². The van der Waals surface area contributed by atoms with Crippen molar-refractivity contribution in [1.82, 2.24) is 0 Å². The van der Waals surface area contributed by atoms with Gasteiger partial charge in [0.2, 0.25) is 0 Å². The van der Waals surface area contributed by atoms with Gasteiger partial charge in [-0.25, -0.2) is 4.39 Å². The van der Waals surface area contributed by atoms with Crippen LogP contribution in [0, 0.1) is 0 Å². The van der Waals surface area contributed by atoms with E-state index in [4.69, 9.17) is 16.5 Å². The molecule has 0 N–H and O–H groups in total. The van der Waals surface area contributed by atoms with E-state index in [0.29, 0.717) is 0 Å². The Morgan fingerprint density at radius 3 is 2.37 bits per heavy atom. The second-order valence-corrected chi connectivity index (χ2v) is 16.0. The molecular formula is C7H18F4O4Si4. The van der Waals surface area contributed by atoms with E-state index in [-0.39, 0.29) is 0 Å². The quantitative estimate of drug-likeness (QED) is 0.557. The van der Waals surface area contributed by atoms with Crippen molar-refractivity contribution >= 4 is 36.4 Å². The van der Waals surface area contributed by atoms with Gasteiger partial charge in [-0.05, 0) is 26.2 Å². The van der Waals surface area contributed by atoms with E-state index in [1.165, 1.54) is 6.55 Å². The topological polar surface area (TPSA) is 36.9 Å². The first kappa shape index (κ1) is 17.5. The molecule has 0 bridgehead atoms. The summed E-state index contributed by atoms with van der Waals surface area (Å²) in [7, 11) is -9.74. The molecule has 0 aromatic heterocycles. The van der Waals surface area contributed by atoms with E-state index in [2.05, 4.69) is 0 Å². The zero-order valence-electron chi connectivity index (χ0n) is 11.2. The molecule has 1 fully saturated rings. The van der Waals surface area contributed by atoms with Gasteiger partial charge < -0.3 is 16.5 Å². The number of rotatable bonds is 2. The van der Waals surface area contributed by atoms with Crippen LogP contribution < -0.4 is 0 Å². The van der Waals surface area contributed by atoms with Crippen LogP contribution in [-0.2, 0) is 16.5 Å². The Morgan fingerprint density at radius 1 is 1.26 bits per heavy atom. The number of alkyl halides is 4. The third-order valence-corrected chi connectivity index (χ3v) is 16.2. The van der Waals surface area contributed by atoms with Crippen molar-refractivity contribution in [3.05, 3.63) is 0 Å². The Bertz CT molecular complexity index is 318. The molecule has 0 aromatic carbocycles. The third-order valence-electron chi connectivity index (χ3n) is 2.53. The summed E-state index contributed by atoms with van der Waals surface area (Å²) < 4.78 is 72.8. The zero-order chi connectivity index (χ0) is 14.9. The molecule has 1 aliphatic rings. The fraction of sp³-hybridized carbons (Fsp3) is 1.00. The highest BCUT2D eigenvalue weighted by atomic mass is 28.5. The second kappa shape index (κ2) is 6.05. The summed E-state index contributed by atoms with van der Waals surface area (Å²) in [4.78, 5) is 0. The van der Waals surface area contributed by atoms with Gasteiger partial charge >= 0.3 is 23.3 Å². The lowest BCUT2D eigenvalue weighted by atomic mass is 10.5. The monoisotopic (exact) mass is 354 g/mol. The molecule has 3 atom stereocenters. The highest BCUT2D eigenvalue weighted by molar-refractivity contribution is 6.85. The van der Waals surface area contributed by atoms with Crippen molar-refractivity contribution in [3.63, 3.8) is 0 Å². The van der Waals surface area contributed by atoms with Crippen molar-refractivity contribution in [2.45, 2.75) is 44.6 Å². The summed E-state index contributed by atoms with van der Waals surface area (Å²) in [5, 5.41) is 0. The van der Waals surface area contributed by atoms with Gasteiger partial charge in [-0.3, -0.25) is 0 Å². The minimum absolute atomic E-state index is 1.31. The Hall–Kier alpha value is 0.428. The number of hydrogen-bond acceptors (Lipinski definition) is 4. The first-order valence-corrected chi connectivity index (χ1v) is 14.2. The predicted octanol–water partition coefficient (Wildman–Crippen LogP) is 1.52. The molecule has 0 saturated carbocycles. The van der Waals surface area contributed by atoms with Gasteiger partial charge in [0, 0.05) is 0 Å². The summed E-state index contributed by atoms with van der Waals surface area (Å²) in [6.07, 6.45) is -6.14. The average Bonchev–Trinajstić information content (AvgIpc) is 2.10. The fourth-order valence-electron chi connectivity index (χ4n) is 1.77. The normalized spacial score (nSPS) is 35.7. The van der Waals surface area contributed by atoms with Gasteiger partial charge in [0.25, 0.3) is 19.3 Å². The van der Waals surface area contributed by atoms with Gasteiger partial charge in [-0.1, -0.05) is 0 Å². The van der Waals surface area contributed by atoms with Crippen LogP contribution in [0.25, 0.3) is 0 Å². The first-order chi connectivity index (χ1) is 8.44. The maximum Gasteiger partial charge on any atom is 0.391 e. The molecule has 0 amide bonds. The molecule has 1 heterocycles. The van der Waals surface area contributed by atoms with Crippen LogP contribution in [0.3, 0.4) is 0 Å². The van der Waals surface area contributed by atoms with Gasteiger partial charge in [-0.15, -0.1) is 0 Å². The van der Waals surface area contributed by atoms with Gasteiger partial charge in [-0.2, -0.15) is 13.2 Å². The maximum absolute atomic E-state index is 14.0. The fourth-order valence-corrected chi connectivity index (χ4v) is 15.6. The molecule has 19 heavy (non-hydrogen) atoms. The van der Waals surface area contributed by atoms with Crippen LogP contribution in [-0.4, -0.2) is 48.4 Å². The number of hydrogen-bond donors (Lipinski definition) is 0. The molecule has 0 aliphatic carbocycles. The zero-order valence-corrected chi connectivity index (χ0v) is 15.8. The summed E-state index contributed by atoms with van der Waals surface area (Å²) in [6.45, 7) is 6.44. The molecule has 1 saturated heterocycles. The first-order valence-electron chi connectivity index (χ1n) is 5.78. The number of halogens is 4. The molecule has 1 rings (SSSR count). The van der Waals surface area contributed by atoms with Crippen LogP contribution >= 0.6 is 0 Å². The highest BCUT2D eigenvalue weighted by Crippen LogP contribution is 2.31. The second-order valence-electron chi connectivity index (χ2n) is 4.92. The highest BCUT2D eigenvalue weighted by Gasteiger charge is 2.52. The van der Waals surface area contributed by atoms with E-state index < -0.39 is 54.8 Å². The molecule has 0 aromatic rings. The van der Waals surface area contributed by atoms with E-state index in [9.17, 15) is 17.6 Å². The van der Waals surface area contributed by atoms with Crippen molar-refractivity contribution in [3.8, 4) is 0 Å². The molecule has 12 heteroatoms. The van der Waals surface area contributed by atoms with Crippen LogP contribution in [0.4, 0.5) is 17.6 Å². The minimum atomic E-state index is -4.58. The summed E-state index contributed by atoms with van der Waals surface area (Å²) in [5.74, 6) is -2.17. The molecule has 1 aliphatic heterocycles. The van der Waals surface area contributed by atoms with E-state index in [1.54, 1.807) is 19.6 Å². The summed E-state index contributed by atoms with van der Waals surface area (Å²) in [5.41, 5.74) is 0. The molecule has 4 nitrogen and oxygen atoms in total. The predicted molar refractivity (Wildman–Crippen MR) is 70.6 cm³/mol. The molecule has 3 unspecified atom stereocenters.